The van der Waals surface area contributed by atoms with Gasteiger partial charge in [-0.1, -0.05) is 152 Å². The molecule has 9 atom stereocenters. The van der Waals surface area contributed by atoms with E-state index in [1.165, 1.54) is 0 Å². The Bertz CT molecular complexity index is 1820. The van der Waals surface area contributed by atoms with Gasteiger partial charge in [-0.3, -0.25) is 0 Å². The molecule has 2 fully saturated rings. The van der Waals surface area contributed by atoms with Gasteiger partial charge in [-0.25, -0.2) is 0 Å². The molecule has 5 aromatic rings. The molecule has 0 bridgehead atoms. The number of benzene rings is 5. The first-order valence-corrected chi connectivity index (χ1v) is 19.4. The van der Waals surface area contributed by atoms with E-state index in [0.717, 1.165) is 27.8 Å². The van der Waals surface area contributed by atoms with Gasteiger partial charge in [-0.2, -0.15) is 0 Å². The average Bonchev–Trinajstić information content (AvgIpc) is 3.25. The number of hydrogen-bond acceptors (Lipinski definition) is 9. The van der Waals surface area contributed by atoms with E-state index in [0.29, 0.717) is 33.0 Å². The van der Waals surface area contributed by atoms with E-state index in [-0.39, 0.29) is 6.61 Å². The minimum absolute atomic E-state index is 0.249. The van der Waals surface area contributed by atoms with E-state index in [4.69, 9.17) is 42.6 Å². The Kier molecular flexibility index (Phi) is 14.8. The molecule has 0 unspecified atom stereocenters. The Morgan fingerprint density at radius 1 is 0.429 bits per heavy atom. The van der Waals surface area contributed by atoms with Crippen molar-refractivity contribution in [1.82, 2.24) is 0 Å². The highest BCUT2D eigenvalue weighted by molar-refractivity contribution is 5.17. The summed E-state index contributed by atoms with van der Waals surface area (Å²) >= 11 is 0. The van der Waals surface area contributed by atoms with E-state index >= 15 is 0 Å². The Hall–Kier alpha value is -4.26. The zero-order valence-corrected chi connectivity index (χ0v) is 32.0. The van der Waals surface area contributed by atoms with E-state index in [9.17, 15) is 0 Å². The highest BCUT2D eigenvalue weighted by Gasteiger charge is 2.51. The molecule has 0 saturated carbocycles. The second-order valence-corrected chi connectivity index (χ2v) is 14.1. The molecule has 0 radical (unpaired) electrons. The molecule has 0 N–H and O–H groups in total. The van der Waals surface area contributed by atoms with Crippen LogP contribution in [0, 0.1) is 0 Å². The topological polar surface area (TPSA) is 83.1 Å². The van der Waals surface area contributed by atoms with Gasteiger partial charge in [0.2, 0.25) is 0 Å². The van der Waals surface area contributed by atoms with Crippen LogP contribution in [0.5, 0.6) is 0 Å². The number of hydrogen-bond donors (Lipinski definition) is 0. The lowest BCUT2D eigenvalue weighted by Gasteiger charge is -2.48. The Morgan fingerprint density at radius 3 is 1.23 bits per heavy atom. The number of rotatable bonds is 18. The fourth-order valence-corrected chi connectivity index (χ4v) is 7.11. The molecule has 294 valence electrons. The summed E-state index contributed by atoms with van der Waals surface area (Å²) in [6.45, 7) is 3.95. The minimum Gasteiger partial charge on any atom is -0.368 e. The third-order valence-electron chi connectivity index (χ3n) is 10.1. The quantitative estimate of drug-likeness (QED) is 0.0882. The lowest BCUT2D eigenvalue weighted by atomic mass is 9.97. The highest BCUT2D eigenvalue weighted by atomic mass is 16.8. The van der Waals surface area contributed by atoms with Gasteiger partial charge in [-0.05, 0) is 34.7 Å². The van der Waals surface area contributed by atoms with Gasteiger partial charge in [0.05, 0.1) is 45.7 Å². The van der Waals surface area contributed by atoms with E-state index in [2.05, 4.69) is 0 Å². The Balaban J connectivity index is 1.19. The van der Waals surface area contributed by atoms with Crippen LogP contribution in [0.3, 0.4) is 0 Å². The Morgan fingerprint density at radius 2 is 0.804 bits per heavy atom. The number of methoxy groups -OCH3 is 1. The predicted octanol–water partition coefficient (Wildman–Crippen LogP) is 8.05. The number of ether oxygens (including phenoxy) is 9. The van der Waals surface area contributed by atoms with Crippen LogP contribution in [-0.4, -0.2) is 69.0 Å². The molecule has 0 aliphatic carbocycles. The lowest BCUT2D eigenvalue weighted by Crippen LogP contribution is -2.63. The zero-order valence-electron chi connectivity index (χ0n) is 32.0. The Labute approximate surface area is 330 Å². The fraction of sp³-hybridized carbons (Fsp3) is 0.362. The molecule has 0 amide bonds. The maximum absolute atomic E-state index is 7.05. The van der Waals surface area contributed by atoms with Crippen LogP contribution in [0.2, 0.25) is 0 Å². The summed E-state index contributed by atoms with van der Waals surface area (Å²) in [6, 6.07) is 50.3. The molecule has 2 aliphatic heterocycles. The van der Waals surface area contributed by atoms with Crippen molar-refractivity contribution in [2.45, 2.75) is 95.3 Å². The highest BCUT2D eigenvalue weighted by Crippen LogP contribution is 2.35. The van der Waals surface area contributed by atoms with E-state index in [1.807, 2.05) is 159 Å². The van der Waals surface area contributed by atoms with Crippen molar-refractivity contribution in [1.29, 1.82) is 0 Å². The third-order valence-corrected chi connectivity index (χ3v) is 10.1. The van der Waals surface area contributed by atoms with Gasteiger partial charge in [0.1, 0.15) is 36.6 Å². The molecular formula is C47H52O9. The molecule has 5 aromatic carbocycles. The molecular weight excluding hydrogens is 709 g/mol. The first-order valence-electron chi connectivity index (χ1n) is 19.4. The van der Waals surface area contributed by atoms with Crippen molar-refractivity contribution in [2.24, 2.45) is 0 Å². The standard InChI is InChI=1S/C47H52O9/c1-34-41(50-29-36-20-10-4-11-21-36)43(52-31-38-24-14-6-15-25-38)44(53-32-39-26-16-7-17-27-39)47(55-34)56-45-42(51-30-37-22-12-5-13-23-37)40(33-54-46(45)48-2)49-28-35-18-8-3-9-19-35/h3-27,34,40-47H,28-33H2,1-2H3/t34-,40-,41-,42-,43+,44+,45+,46+,47+/m0/s1. The summed E-state index contributed by atoms with van der Waals surface area (Å²) in [7, 11) is 1.60. The second kappa shape index (κ2) is 20.8. The van der Waals surface area contributed by atoms with Crippen LogP contribution in [0.25, 0.3) is 0 Å². The molecule has 7 rings (SSSR count). The molecule has 0 aromatic heterocycles. The maximum atomic E-state index is 7.05. The van der Waals surface area contributed by atoms with Crippen molar-refractivity contribution >= 4 is 0 Å². The summed E-state index contributed by atoms with van der Waals surface area (Å²) in [5.74, 6) is 0. The van der Waals surface area contributed by atoms with Gasteiger partial charge in [0, 0.05) is 7.11 Å². The molecule has 9 heteroatoms. The van der Waals surface area contributed by atoms with Gasteiger partial charge >= 0.3 is 0 Å². The van der Waals surface area contributed by atoms with Crippen LogP contribution in [-0.2, 0) is 75.7 Å². The summed E-state index contributed by atoms with van der Waals surface area (Å²) < 4.78 is 59.6. The zero-order chi connectivity index (χ0) is 38.4. The SMILES string of the molecule is CO[C@@H]1OC[C@H](OCc2ccccc2)[C@H](OCc2ccccc2)[C@H]1O[C@H]1O[C@@H](C)[C@H](OCc2ccccc2)[C@@H](OCc2ccccc2)[C@H]1OCc1ccccc1. The van der Waals surface area contributed by atoms with Crippen molar-refractivity contribution in [3.63, 3.8) is 0 Å². The van der Waals surface area contributed by atoms with Crippen LogP contribution < -0.4 is 0 Å². The molecule has 0 spiro atoms. The van der Waals surface area contributed by atoms with Gasteiger partial charge < -0.3 is 42.6 Å². The second-order valence-electron chi connectivity index (χ2n) is 14.1. The fourth-order valence-electron chi connectivity index (χ4n) is 7.11. The summed E-state index contributed by atoms with van der Waals surface area (Å²) in [4.78, 5) is 0. The maximum Gasteiger partial charge on any atom is 0.187 e. The van der Waals surface area contributed by atoms with Crippen molar-refractivity contribution in [2.75, 3.05) is 13.7 Å². The first-order chi connectivity index (χ1) is 27.6. The van der Waals surface area contributed by atoms with Gasteiger partial charge in [0.15, 0.2) is 12.6 Å². The van der Waals surface area contributed by atoms with Crippen LogP contribution in [0.4, 0.5) is 0 Å². The molecule has 2 aliphatic rings. The third kappa shape index (κ3) is 11.0. The van der Waals surface area contributed by atoms with Gasteiger partial charge in [0.25, 0.3) is 0 Å². The van der Waals surface area contributed by atoms with E-state index in [1.54, 1.807) is 7.11 Å². The molecule has 56 heavy (non-hydrogen) atoms. The molecule has 2 saturated heterocycles. The minimum atomic E-state index is -0.923. The molecule has 2 heterocycles. The summed E-state index contributed by atoms with van der Waals surface area (Å²) in [5.41, 5.74) is 5.14. The van der Waals surface area contributed by atoms with Crippen molar-refractivity contribution in [3.05, 3.63) is 179 Å². The predicted molar refractivity (Wildman–Crippen MR) is 211 cm³/mol. The van der Waals surface area contributed by atoms with Gasteiger partial charge in [-0.15, -0.1) is 0 Å². The summed E-state index contributed by atoms with van der Waals surface area (Å²) in [6.07, 6.45) is -5.80. The molecule has 9 nitrogen and oxygen atoms in total. The van der Waals surface area contributed by atoms with Crippen LogP contribution in [0.1, 0.15) is 34.7 Å². The van der Waals surface area contributed by atoms with Crippen molar-refractivity contribution in [3.8, 4) is 0 Å². The smallest absolute Gasteiger partial charge is 0.187 e. The van der Waals surface area contributed by atoms with Crippen LogP contribution in [0.15, 0.2) is 152 Å². The summed E-state index contributed by atoms with van der Waals surface area (Å²) in [5, 5.41) is 0. The largest absolute Gasteiger partial charge is 0.368 e. The lowest BCUT2D eigenvalue weighted by molar-refractivity contribution is -0.368. The monoisotopic (exact) mass is 760 g/mol. The normalized spacial score (nSPS) is 26.5. The van der Waals surface area contributed by atoms with Crippen LogP contribution >= 0.6 is 0 Å². The van der Waals surface area contributed by atoms with E-state index < -0.39 is 55.3 Å². The first kappa shape index (κ1) is 40.0. The average molecular weight is 761 g/mol. The van der Waals surface area contributed by atoms with Crippen molar-refractivity contribution < 1.29 is 42.6 Å².